The summed E-state index contributed by atoms with van der Waals surface area (Å²) in [5.74, 6) is 0.828. The normalized spacial score (nSPS) is 26.4. The molecule has 0 radical (unpaired) electrons. The van der Waals surface area contributed by atoms with Crippen molar-refractivity contribution >= 4 is 15.8 Å². The number of carbonyl (C=O) groups is 1. The average Bonchev–Trinajstić information content (AvgIpc) is 3.32. The first kappa shape index (κ1) is 25.3. The van der Waals surface area contributed by atoms with Crippen LogP contribution >= 0.6 is 0 Å². The van der Waals surface area contributed by atoms with Crippen LogP contribution in [0.3, 0.4) is 0 Å². The number of rotatable bonds is 5. The Labute approximate surface area is 224 Å². The van der Waals surface area contributed by atoms with E-state index in [1.807, 2.05) is 14.5 Å². The van der Waals surface area contributed by atoms with Gasteiger partial charge >= 0.3 is 11.5 Å². The molecule has 1 aromatic heterocycles. The van der Waals surface area contributed by atoms with E-state index in [0.29, 0.717) is 36.8 Å². The van der Waals surface area contributed by atoms with E-state index in [4.69, 9.17) is 4.78 Å². The van der Waals surface area contributed by atoms with Crippen LogP contribution in [0.2, 0.25) is 0 Å². The van der Waals surface area contributed by atoms with Crippen molar-refractivity contribution in [1.82, 2.24) is 24.6 Å². The van der Waals surface area contributed by atoms with Crippen LogP contribution in [0, 0.1) is 21.5 Å². The van der Waals surface area contributed by atoms with E-state index in [-0.39, 0.29) is 22.9 Å². The van der Waals surface area contributed by atoms with E-state index in [1.54, 1.807) is 12.4 Å². The Morgan fingerprint density at radius 1 is 1.08 bits per heavy atom. The average molecular weight is 565 g/mol. The fraction of sp³-hybridized carbons (Fsp3) is 0.654. The highest BCUT2D eigenvalue weighted by Gasteiger charge is 2.59. The lowest BCUT2D eigenvalue weighted by Gasteiger charge is -2.63. The van der Waals surface area contributed by atoms with Gasteiger partial charge in [0.1, 0.15) is 11.9 Å². The molecule has 2 aliphatic heterocycles. The minimum absolute atomic E-state index is 0.0854. The van der Waals surface area contributed by atoms with Crippen molar-refractivity contribution in [2.24, 2.45) is 16.7 Å². The Morgan fingerprint density at radius 3 is 2.28 bits per heavy atom. The third kappa shape index (κ3) is 4.06. The van der Waals surface area contributed by atoms with Gasteiger partial charge in [-0.15, -0.1) is 0 Å². The standard InChI is InChI=1S/C26H31F3N6O3S/c27-26(28,29)39(30,38)20-3-1-2-17(7-20)6-18-8-23(9-18)12-33(13-23)22(36)34-14-24(15-34)10-19(11-24)35-16-31-21(32-35)25(37)4-5-25/h1-3,7,16,18-19,30,37H,4-6,8-15H2/t39-/m0/s1. The molecule has 210 valence electrons. The lowest BCUT2D eigenvalue weighted by atomic mass is 9.56. The molecule has 2 N–H and O–H groups in total. The number of benzene rings is 1. The number of aromatic nitrogens is 3. The number of carbonyl (C=O) groups excluding carboxylic acids is 1. The molecule has 3 aliphatic carbocycles. The molecule has 9 nitrogen and oxygen atoms in total. The van der Waals surface area contributed by atoms with Crippen molar-refractivity contribution in [1.29, 1.82) is 4.78 Å². The van der Waals surface area contributed by atoms with Gasteiger partial charge in [-0.25, -0.2) is 23.4 Å². The fourth-order valence-electron chi connectivity index (χ4n) is 7.27. The third-order valence-corrected chi connectivity index (χ3v) is 11.1. The highest BCUT2D eigenvalue weighted by Crippen LogP contribution is 2.56. The van der Waals surface area contributed by atoms with Crippen LogP contribution in [-0.2, 0) is 21.8 Å². The Kier molecular flexibility index (Phi) is 5.16. The van der Waals surface area contributed by atoms with E-state index in [2.05, 4.69) is 10.1 Å². The molecule has 2 saturated heterocycles. The number of nitrogens with one attached hydrogen (secondary N) is 1. The Hall–Kier alpha value is -2.67. The number of amides is 2. The molecular weight excluding hydrogens is 533 g/mol. The molecule has 39 heavy (non-hydrogen) atoms. The number of halogens is 3. The summed E-state index contributed by atoms with van der Waals surface area (Å²) in [5, 5.41) is 14.7. The Morgan fingerprint density at radius 2 is 1.69 bits per heavy atom. The number of hydrogen-bond donors (Lipinski definition) is 2. The number of aliphatic hydroxyl groups is 1. The molecule has 7 rings (SSSR count). The molecule has 0 unspecified atom stereocenters. The largest absolute Gasteiger partial charge is 0.483 e. The molecular formula is C26H31F3N6O3S. The third-order valence-electron chi connectivity index (χ3n) is 9.53. The fourth-order valence-corrected chi connectivity index (χ4v) is 8.13. The molecule has 13 heteroatoms. The maximum absolute atomic E-state index is 13.0. The topological polar surface area (TPSA) is 115 Å². The van der Waals surface area contributed by atoms with Crippen molar-refractivity contribution in [3.05, 3.63) is 42.0 Å². The van der Waals surface area contributed by atoms with Gasteiger partial charge < -0.3 is 14.9 Å². The van der Waals surface area contributed by atoms with Gasteiger partial charge in [-0.2, -0.15) is 18.3 Å². The van der Waals surface area contributed by atoms with Gasteiger partial charge in [0.05, 0.1) is 10.9 Å². The summed E-state index contributed by atoms with van der Waals surface area (Å²) >= 11 is 0. The molecule has 3 saturated carbocycles. The Balaban J connectivity index is 0.858. The summed E-state index contributed by atoms with van der Waals surface area (Å²) in [4.78, 5) is 20.6. The highest BCUT2D eigenvalue weighted by molar-refractivity contribution is 7.93. The van der Waals surface area contributed by atoms with Gasteiger partial charge in [-0.05, 0) is 68.6 Å². The smallest absolute Gasteiger partial charge is 0.382 e. The van der Waals surface area contributed by atoms with E-state index in [9.17, 15) is 27.3 Å². The molecule has 2 amide bonds. The minimum Gasteiger partial charge on any atom is -0.382 e. The summed E-state index contributed by atoms with van der Waals surface area (Å²) in [6.45, 7) is 2.95. The summed E-state index contributed by atoms with van der Waals surface area (Å²) in [6.07, 6.45) is 7.48. The zero-order valence-corrected chi connectivity index (χ0v) is 22.2. The van der Waals surface area contributed by atoms with E-state index in [0.717, 1.165) is 57.7 Å². The van der Waals surface area contributed by atoms with Gasteiger partial charge in [0, 0.05) is 37.0 Å². The predicted molar refractivity (Wildman–Crippen MR) is 133 cm³/mol. The van der Waals surface area contributed by atoms with Gasteiger partial charge in [0.25, 0.3) is 0 Å². The number of urea groups is 1. The predicted octanol–water partition coefficient (Wildman–Crippen LogP) is 3.90. The van der Waals surface area contributed by atoms with E-state index in [1.165, 1.54) is 12.1 Å². The quantitative estimate of drug-likeness (QED) is 0.572. The molecule has 5 fully saturated rings. The van der Waals surface area contributed by atoms with Crippen LogP contribution in [0.25, 0.3) is 0 Å². The van der Waals surface area contributed by atoms with Crippen LogP contribution in [0.5, 0.6) is 0 Å². The minimum atomic E-state index is -5.09. The monoisotopic (exact) mass is 564 g/mol. The SMILES string of the molecule is N=[S@](=O)(c1cccc(CC2CC3(C2)CN(C(=O)N2CC4(CC(n5cnc(C6(O)CC6)n5)C4)C2)C3)c1)C(F)(F)F. The molecule has 2 aromatic rings. The molecule has 3 heterocycles. The summed E-state index contributed by atoms with van der Waals surface area (Å²) in [6, 6.07) is 5.88. The maximum Gasteiger partial charge on any atom is 0.483 e. The van der Waals surface area contributed by atoms with Crippen molar-refractivity contribution in [3.8, 4) is 0 Å². The number of alkyl halides is 3. The molecule has 1 atom stereocenters. The number of nitrogens with zero attached hydrogens (tertiary/aromatic N) is 5. The number of likely N-dealkylation sites (tertiary alicyclic amines) is 2. The van der Waals surface area contributed by atoms with E-state index < -0.39 is 25.7 Å². The molecule has 0 bridgehead atoms. The van der Waals surface area contributed by atoms with E-state index >= 15 is 0 Å². The van der Waals surface area contributed by atoms with Crippen molar-refractivity contribution in [2.45, 2.75) is 67.0 Å². The summed E-state index contributed by atoms with van der Waals surface area (Å²) in [7, 11) is -4.85. The first-order valence-electron chi connectivity index (χ1n) is 13.4. The first-order valence-corrected chi connectivity index (χ1v) is 15.0. The van der Waals surface area contributed by atoms with Crippen LogP contribution in [0.1, 0.15) is 56.0 Å². The second-order valence-electron chi connectivity index (χ2n) is 12.8. The number of hydrogen-bond acceptors (Lipinski definition) is 6. The van der Waals surface area contributed by atoms with Crippen LogP contribution in [-0.4, -0.2) is 71.6 Å². The lowest BCUT2D eigenvalue weighted by Crippen LogP contribution is -2.71. The van der Waals surface area contributed by atoms with Crippen LogP contribution in [0.4, 0.5) is 18.0 Å². The van der Waals surface area contributed by atoms with Crippen LogP contribution < -0.4 is 0 Å². The van der Waals surface area contributed by atoms with Crippen molar-refractivity contribution < 1.29 is 27.3 Å². The van der Waals surface area contributed by atoms with Gasteiger partial charge in [0.15, 0.2) is 15.6 Å². The van der Waals surface area contributed by atoms with Gasteiger partial charge in [-0.1, -0.05) is 12.1 Å². The van der Waals surface area contributed by atoms with Crippen LogP contribution in [0.15, 0.2) is 35.5 Å². The second kappa shape index (κ2) is 7.96. The second-order valence-corrected chi connectivity index (χ2v) is 14.8. The molecule has 1 aromatic carbocycles. The van der Waals surface area contributed by atoms with Crippen molar-refractivity contribution in [3.63, 3.8) is 0 Å². The zero-order valence-electron chi connectivity index (χ0n) is 21.4. The van der Waals surface area contributed by atoms with Gasteiger partial charge in [0.2, 0.25) is 0 Å². The lowest BCUT2D eigenvalue weighted by molar-refractivity contribution is -0.107. The Bertz CT molecular complexity index is 1420. The zero-order chi connectivity index (χ0) is 27.4. The van der Waals surface area contributed by atoms with Crippen molar-refractivity contribution in [2.75, 3.05) is 26.2 Å². The molecule has 2 spiro atoms. The molecule has 5 aliphatic rings. The summed E-state index contributed by atoms with van der Waals surface area (Å²) in [5.41, 5.74) is -4.98. The van der Waals surface area contributed by atoms with Gasteiger partial charge in [-0.3, -0.25) is 0 Å². The maximum atomic E-state index is 13.0. The summed E-state index contributed by atoms with van der Waals surface area (Å²) < 4.78 is 60.2. The highest BCUT2D eigenvalue weighted by atomic mass is 32.2. The first-order chi connectivity index (χ1) is 18.3.